The highest BCUT2D eigenvalue weighted by Gasteiger charge is 2.12. The highest BCUT2D eigenvalue weighted by Crippen LogP contribution is 2.12. The molecular weight excluding hydrogens is 310 g/mol. The molecule has 0 N–H and O–H groups in total. The summed E-state index contributed by atoms with van der Waals surface area (Å²) in [6.45, 7) is 6.81. The lowest BCUT2D eigenvalue weighted by Gasteiger charge is -2.20. The van der Waals surface area contributed by atoms with E-state index in [1.165, 1.54) is 5.56 Å². The van der Waals surface area contributed by atoms with Crippen LogP contribution < -0.4 is 4.90 Å². The van der Waals surface area contributed by atoms with E-state index in [9.17, 15) is 4.79 Å². The van der Waals surface area contributed by atoms with Gasteiger partial charge in [-0.05, 0) is 50.8 Å². The molecule has 4 nitrogen and oxygen atoms in total. The number of hydrogen-bond donors (Lipinski definition) is 0. The summed E-state index contributed by atoms with van der Waals surface area (Å²) < 4.78 is 0. The number of carbonyl (C=O) groups excluding carboxylic acids is 1. The van der Waals surface area contributed by atoms with Crippen LogP contribution in [0.15, 0.2) is 48.7 Å². The zero-order valence-corrected chi connectivity index (χ0v) is 15.6. The third-order valence-electron chi connectivity index (χ3n) is 4.48. The Hall–Kier alpha value is -2.36. The zero-order chi connectivity index (χ0) is 18.1. The maximum absolute atomic E-state index is 12.5. The van der Waals surface area contributed by atoms with Crippen LogP contribution in [0.1, 0.15) is 42.6 Å². The molecule has 4 heteroatoms. The van der Waals surface area contributed by atoms with Gasteiger partial charge in [-0.1, -0.05) is 30.3 Å². The molecule has 0 saturated heterocycles. The average Bonchev–Trinajstić information content (AvgIpc) is 2.67. The topological polar surface area (TPSA) is 36.4 Å². The van der Waals surface area contributed by atoms with Gasteiger partial charge in [0.1, 0.15) is 5.82 Å². The Kier molecular flexibility index (Phi) is 7.45. The normalized spacial score (nSPS) is 10.5. The van der Waals surface area contributed by atoms with Crippen molar-refractivity contribution in [3.05, 3.63) is 59.8 Å². The SMILES string of the molecule is CCN(CC)c1ccc(C(=O)N(C)CCCCc2ccccc2)cn1. The molecule has 0 radical (unpaired) electrons. The second-order valence-electron chi connectivity index (χ2n) is 6.25. The number of anilines is 1. The lowest BCUT2D eigenvalue weighted by molar-refractivity contribution is 0.0792. The third-order valence-corrected chi connectivity index (χ3v) is 4.48. The van der Waals surface area contributed by atoms with Gasteiger partial charge in [0.25, 0.3) is 5.91 Å². The Morgan fingerprint density at radius 2 is 1.72 bits per heavy atom. The Morgan fingerprint density at radius 3 is 2.32 bits per heavy atom. The fourth-order valence-electron chi connectivity index (χ4n) is 2.89. The molecule has 0 saturated carbocycles. The molecule has 1 aromatic carbocycles. The first-order valence-electron chi connectivity index (χ1n) is 9.16. The number of nitrogens with zero attached hydrogens (tertiary/aromatic N) is 3. The predicted octanol–water partition coefficient (Wildman–Crippen LogP) is 4.02. The molecule has 0 spiro atoms. The molecule has 1 aromatic heterocycles. The summed E-state index contributed by atoms with van der Waals surface area (Å²) in [6.07, 6.45) is 4.84. The number of aromatic nitrogens is 1. The van der Waals surface area contributed by atoms with Crippen LogP contribution in [0.2, 0.25) is 0 Å². The van der Waals surface area contributed by atoms with E-state index in [-0.39, 0.29) is 5.91 Å². The van der Waals surface area contributed by atoms with Crippen molar-refractivity contribution in [3.63, 3.8) is 0 Å². The molecule has 2 rings (SSSR count). The molecule has 0 aliphatic carbocycles. The minimum atomic E-state index is 0.0401. The number of rotatable bonds is 9. The molecule has 0 unspecified atom stereocenters. The Bertz CT molecular complexity index is 636. The van der Waals surface area contributed by atoms with Crippen LogP contribution in [-0.4, -0.2) is 42.5 Å². The molecule has 0 atom stereocenters. The summed E-state index contributed by atoms with van der Waals surface area (Å²) >= 11 is 0. The number of aryl methyl sites for hydroxylation is 1. The molecule has 134 valence electrons. The third kappa shape index (κ3) is 5.59. The van der Waals surface area contributed by atoms with Gasteiger partial charge in [-0.3, -0.25) is 4.79 Å². The second-order valence-corrected chi connectivity index (χ2v) is 6.25. The number of amides is 1. The minimum Gasteiger partial charge on any atom is -0.357 e. The van der Waals surface area contributed by atoms with Crippen LogP contribution in [0.3, 0.4) is 0 Å². The molecule has 1 amide bonds. The van der Waals surface area contributed by atoms with E-state index in [1.807, 2.05) is 25.2 Å². The Morgan fingerprint density at radius 1 is 1.00 bits per heavy atom. The van der Waals surface area contributed by atoms with E-state index in [2.05, 4.69) is 48.0 Å². The molecule has 0 bridgehead atoms. The van der Waals surface area contributed by atoms with Gasteiger partial charge >= 0.3 is 0 Å². The van der Waals surface area contributed by atoms with Gasteiger partial charge in [-0.2, -0.15) is 0 Å². The quantitative estimate of drug-likeness (QED) is 0.647. The predicted molar refractivity (Wildman–Crippen MR) is 104 cm³/mol. The first kappa shape index (κ1) is 19.0. The van der Waals surface area contributed by atoms with Crippen molar-refractivity contribution in [2.75, 3.05) is 31.6 Å². The highest BCUT2D eigenvalue weighted by atomic mass is 16.2. The second kappa shape index (κ2) is 9.82. The van der Waals surface area contributed by atoms with Crippen LogP contribution >= 0.6 is 0 Å². The van der Waals surface area contributed by atoms with E-state index >= 15 is 0 Å². The maximum atomic E-state index is 12.5. The summed E-state index contributed by atoms with van der Waals surface area (Å²) in [7, 11) is 1.86. The number of pyridine rings is 1. The Labute approximate surface area is 151 Å². The first-order chi connectivity index (χ1) is 12.2. The lowest BCUT2D eigenvalue weighted by atomic mass is 10.1. The van der Waals surface area contributed by atoms with Crippen molar-refractivity contribution in [2.24, 2.45) is 0 Å². The van der Waals surface area contributed by atoms with Crippen molar-refractivity contribution in [1.82, 2.24) is 9.88 Å². The fraction of sp³-hybridized carbons (Fsp3) is 0.429. The minimum absolute atomic E-state index is 0.0401. The van der Waals surface area contributed by atoms with Gasteiger partial charge in [0.2, 0.25) is 0 Å². The molecular formula is C21H29N3O. The van der Waals surface area contributed by atoms with E-state index < -0.39 is 0 Å². The van der Waals surface area contributed by atoms with Gasteiger partial charge in [0.15, 0.2) is 0 Å². The Balaban J connectivity index is 1.81. The number of benzene rings is 1. The molecule has 0 fully saturated rings. The summed E-state index contributed by atoms with van der Waals surface area (Å²) in [5, 5.41) is 0. The standard InChI is InChI=1S/C21H29N3O/c1-4-24(5-2)20-15-14-19(17-22-20)21(25)23(3)16-10-9-13-18-11-7-6-8-12-18/h6-8,11-12,14-15,17H,4-5,9-10,13,16H2,1-3H3. The maximum Gasteiger partial charge on any atom is 0.255 e. The average molecular weight is 339 g/mol. The van der Waals surface area contributed by atoms with Crippen LogP contribution in [0.25, 0.3) is 0 Å². The van der Waals surface area contributed by atoms with Crippen molar-refractivity contribution < 1.29 is 4.79 Å². The van der Waals surface area contributed by atoms with Gasteiger partial charge < -0.3 is 9.80 Å². The van der Waals surface area contributed by atoms with Gasteiger partial charge in [-0.25, -0.2) is 4.98 Å². The molecule has 0 aliphatic heterocycles. The smallest absolute Gasteiger partial charge is 0.255 e. The number of hydrogen-bond acceptors (Lipinski definition) is 3. The number of carbonyl (C=O) groups is 1. The zero-order valence-electron chi connectivity index (χ0n) is 15.6. The molecule has 25 heavy (non-hydrogen) atoms. The highest BCUT2D eigenvalue weighted by molar-refractivity contribution is 5.93. The first-order valence-corrected chi connectivity index (χ1v) is 9.16. The van der Waals surface area contributed by atoms with Crippen molar-refractivity contribution >= 4 is 11.7 Å². The largest absolute Gasteiger partial charge is 0.357 e. The fourth-order valence-corrected chi connectivity index (χ4v) is 2.89. The molecule has 0 aliphatic rings. The lowest BCUT2D eigenvalue weighted by Crippen LogP contribution is -2.28. The van der Waals surface area contributed by atoms with Crippen molar-refractivity contribution in [2.45, 2.75) is 33.1 Å². The number of unbranched alkanes of at least 4 members (excludes halogenated alkanes) is 1. The van der Waals surface area contributed by atoms with Crippen LogP contribution in [0.4, 0.5) is 5.82 Å². The van der Waals surface area contributed by atoms with E-state index in [4.69, 9.17) is 0 Å². The van der Waals surface area contributed by atoms with Gasteiger partial charge in [0.05, 0.1) is 5.56 Å². The van der Waals surface area contributed by atoms with Gasteiger partial charge in [-0.15, -0.1) is 0 Å². The summed E-state index contributed by atoms with van der Waals surface area (Å²) in [6, 6.07) is 14.3. The van der Waals surface area contributed by atoms with Crippen LogP contribution in [0, 0.1) is 0 Å². The summed E-state index contributed by atoms with van der Waals surface area (Å²) in [5.74, 6) is 0.963. The van der Waals surface area contributed by atoms with E-state index in [0.29, 0.717) is 5.56 Å². The van der Waals surface area contributed by atoms with Crippen molar-refractivity contribution in [1.29, 1.82) is 0 Å². The van der Waals surface area contributed by atoms with E-state index in [1.54, 1.807) is 11.1 Å². The monoisotopic (exact) mass is 339 g/mol. The van der Waals surface area contributed by atoms with Gasteiger partial charge in [0, 0.05) is 32.9 Å². The summed E-state index contributed by atoms with van der Waals surface area (Å²) in [5.41, 5.74) is 2.01. The van der Waals surface area contributed by atoms with E-state index in [0.717, 1.165) is 44.7 Å². The molecule has 1 heterocycles. The van der Waals surface area contributed by atoms with Crippen molar-refractivity contribution in [3.8, 4) is 0 Å². The molecule has 2 aromatic rings. The van der Waals surface area contributed by atoms with Crippen LogP contribution in [-0.2, 0) is 6.42 Å². The summed E-state index contributed by atoms with van der Waals surface area (Å²) in [4.78, 5) is 20.9. The van der Waals surface area contributed by atoms with Crippen LogP contribution in [0.5, 0.6) is 0 Å².